The Bertz CT molecular complexity index is 882. The minimum Gasteiger partial charge on any atom is -0.492 e. The van der Waals surface area contributed by atoms with Gasteiger partial charge in [-0.05, 0) is 25.8 Å². The summed E-state index contributed by atoms with van der Waals surface area (Å²) in [6.45, 7) is 6.45. The highest BCUT2D eigenvalue weighted by molar-refractivity contribution is 5.78. The van der Waals surface area contributed by atoms with Crippen molar-refractivity contribution in [1.29, 1.82) is 0 Å². The maximum Gasteiger partial charge on any atom is 0.343 e. The molecule has 2 aliphatic heterocycles. The average molecular weight is 385 g/mol. The molecule has 8 heteroatoms. The van der Waals surface area contributed by atoms with E-state index in [2.05, 4.69) is 21.2 Å². The number of ether oxygens (including phenoxy) is 1. The van der Waals surface area contributed by atoms with E-state index in [9.17, 15) is 9.59 Å². The molecule has 28 heavy (non-hydrogen) atoms. The van der Waals surface area contributed by atoms with E-state index in [-0.39, 0.29) is 17.5 Å². The molecule has 1 fully saturated rings. The monoisotopic (exact) mass is 385 g/mol. The summed E-state index contributed by atoms with van der Waals surface area (Å²) in [5, 5.41) is 6.75. The Balaban J connectivity index is 1.34. The van der Waals surface area contributed by atoms with Gasteiger partial charge in [-0.3, -0.25) is 14.3 Å². The second-order valence-electron chi connectivity index (χ2n) is 7.45. The van der Waals surface area contributed by atoms with Crippen LogP contribution in [0.4, 0.5) is 0 Å². The van der Waals surface area contributed by atoms with E-state index < -0.39 is 0 Å². The molecular formula is C20H27N5O3. The van der Waals surface area contributed by atoms with Crippen LogP contribution < -0.4 is 10.4 Å². The summed E-state index contributed by atoms with van der Waals surface area (Å²) in [5.74, 6) is 2.12. The lowest BCUT2D eigenvalue weighted by atomic mass is 9.96. The molecule has 8 nitrogen and oxygen atoms in total. The van der Waals surface area contributed by atoms with Crippen LogP contribution >= 0.6 is 0 Å². The molecule has 0 spiro atoms. The van der Waals surface area contributed by atoms with E-state index in [4.69, 9.17) is 4.74 Å². The number of H-pyrrole nitrogens is 1. The third kappa shape index (κ3) is 3.82. The van der Waals surface area contributed by atoms with Gasteiger partial charge < -0.3 is 9.64 Å². The Hall–Kier alpha value is -2.61. The van der Waals surface area contributed by atoms with Crippen molar-refractivity contribution in [3.8, 4) is 5.75 Å². The lowest BCUT2D eigenvalue weighted by Gasteiger charge is -2.33. The van der Waals surface area contributed by atoms with Crippen molar-refractivity contribution in [3.05, 3.63) is 46.1 Å². The number of hydrogen-bond donors (Lipinski definition) is 1. The number of fused-ring (bicyclic) bond motifs is 1. The van der Waals surface area contributed by atoms with Gasteiger partial charge in [-0.2, -0.15) is 5.10 Å². The minimum atomic E-state index is -0.153. The van der Waals surface area contributed by atoms with Gasteiger partial charge in [0.25, 0.3) is 0 Å². The van der Waals surface area contributed by atoms with Crippen molar-refractivity contribution in [1.82, 2.24) is 24.6 Å². The van der Waals surface area contributed by atoms with Gasteiger partial charge in [0, 0.05) is 44.2 Å². The van der Waals surface area contributed by atoms with Gasteiger partial charge in [0.15, 0.2) is 0 Å². The normalized spacial score (nSPS) is 18.4. The topological polar surface area (TPSA) is 83.5 Å². The summed E-state index contributed by atoms with van der Waals surface area (Å²) in [6.07, 6.45) is 1.67. The SMILES string of the molecule is CCn1c(C2CCN(C(=O)CN3CCOc4ccccc4C3)CC2)n[nH]c1=O. The number of carbonyl (C=O) groups is 1. The van der Waals surface area contributed by atoms with Crippen LogP contribution in [0.2, 0.25) is 0 Å². The lowest BCUT2D eigenvalue weighted by molar-refractivity contribution is -0.133. The van der Waals surface area contributed by atoms with E-state index in [0.717, 1.165) is 43.1 Å². The lowest BCUT2D eigenvalue weighted by Crippen LogP contribution is -2.44. The van der Waals surface area contributed by atoms with Gasteiger partial charge in [0.1, 0.15) is 18.2 Å². The molecule has 3 heterocycles. The summed E-state index contributed by atoms with van der Waals surface area (Å²) in [4.78, 5) is 28.7. The van der Waals surface area contributed by atoms with Crippen LogP contribution in [0.15, 0.2) is 29.1 Å². The molecule has 0 bridgehead atoms. The predicted molar refractivity (Wildman–Crippen MR) is 104 cm³/mol. The number of piperidine rings is 1. The number of rotatable bonds is 4. The zero-order valence-corrected chi connectivity index (χ0v) is 16.3. The first-order valence-electron chi connectivity index (χ1n) is 10.0. The number of para-hydroxylation sites is 1. The third-order valence-electron chi connectivity index (χ3n) is 5.71. The molecule has 0 unspecified atom stereocenters. The van der Waals surface area contributed by atoms with Crippen LogP contribution in [0, 0.1) is 0 Å². The number of benzene rings is 1. The highest BCUT2D eigenvalue weighted by Gasteiger charge is 2.28. The number of hydrogen-bond acceptors (Lipinski definition) is 5. The first-order chi connectivity index (χ1) is 13.7. The third-order valence-corrected chi connectivity index (χ3v) is 5.71. The number of aromatic nitrogens is 3. The zero-order chi connectivity index (χ0) is 19.5. The minimum absolute atomic E-state index is 0.153. The molecule has 0 atom stereocenters. The average Bonchev–Trinajstić information content (AvgIpc) is 2.97. The zero-order valence-electron chi connectivity index (χ0n) is 16.3. The quantitative estimate of drug-likeness (QED) is 0.855. The Kier molecular flexibility index (Phi) is 5.47. The highest BCUT2D eigenvalue weighted by atomic mass is 16.5. The van der Waals surface area contributed by atoms with Gasteiger partial charge >= 0.3 is 5.69 Å². The fourth-order valence-electron chi connectivity index (χ4n) is 4.14. The van der Waals surface area contributed by atoms with Crippen molar-refractivity contribution in [3.63, 3.8) is 0 Å². The van der Waals surface area contributed by atoms with Crippen molar-refractivity contribution in [2.45, 2.75) is 38.8 Å². The Labute approximate surface area is 164 Å². The van der Waals surface area contributed by atoms with Crippen molar-refractivity contribution in [2.24, 2.45) is 0 Å². The highest BCUT2D eigenvalue weighted by Crippen LogP contribution is 2.26. The molecule has 2 aromatic rings. The maximum atomic E-state index is 12.8. The van der Waals surface area contributed by atoms with Gasteiger partial charge in [-0.25, -0.2) is 9.89 Å². The van der Waals surface area contributed by atoms with Gasteiger partial charge in [-0.1, -0.05) is 18.2 Å². The Morgan fingerprint density at radius 1 is 1.25 bits per heavy atom. The van der Waals surface area contributed by atoms with Crippen molar-refractivity contribution in [2.75, 3.05) is 32.8 Å². The van der Waals surface area contributed by atoms with Crippen LogP contribution in [-0.4, -0.2) is 63.3 Å². The fourth-order valence-corrected chi connectivity index (χ4v) is 4.14. The smallest absolute Gasteiger partial charge is 0.343 e. The summed E-state index contributed by atoms with van der Waals surface area (Å²) in [6, 6.07) is 8.02. The first kappa shape index (κ1) is 18.7. The van der Waals surface area contributed by atoms with E-state index in [0.29, 0.717) is 32.8 Å². The second kappa shape index (κ2) is 8.18. The van der Waals surface area contributed by atoms with Gasteiger partial charge in [-0.15, -0.1) is 0 Å². The van der Waals surface area contributed by atoms with Crippen molar-refractivity contribution >= 4 is 5.91 Å². The number of nitrogens with one attached hydrogen (secondary N) is 1. The molecule has 150 valence electrons. The number of amides is 1. The summed E-state index contributed by atoms with van der Waals surface area (Å²) < 4.78 is 7.48. The summed E-state index contributed by atoms with van der Waals surface area (Å²) >= 11 is 0. The number of likely N-dealkylation sites (tertiary alicyclic amines) is 1. The molecule has 4 rings (SSSR count). The number of carbonyl (C=O) groups excluding carboxylic acids is 1. The number of nitrogens with zero attached hydrogens (tertiary/aromatic N) is 4. The van der Waals surface area contributed by atoms with E-state index in [1.165, 1.54) is 0 Å². The molecule has 1 amide bonds. The molecule has 1 N–H and O–H groups in total. The molecule has 1 aromatic carbocycles. The standard InChI is InChI=1S/C20H27N5O3/c1-2-25-19(21-22-20(25)27)15-7-9-24(10-8-15)18(26)14-23-11-12-28-17-6-4-3-5-16(17)13-23/h3-6,15H,2,7-14H2,1H3,(H,22,27). The van der Waals surface area contributed by atoms with Crippen molar-refractivity contribution < 1.29 is 9.53 Å². The van der Waals surface area contributed by atoms with E-state index in [1.54, 1.807) is 4.57 Å². The second-order valence-corrected chi connectivity index (χ2v) is 7.45. The van der Waals surface area contributed by atoms with Gasteiger partial charge in [0.2, 0.25) is 5.91 Å². The molecule has 1 saturated heterocycles. The van der Waals surface area contributed by atoms with Crippen LogP contribution in [-0.2, 0) is 17.9 Å². The van der Waals surface area contributed by atoms with E-state index in [1.807, 2.05) is 30.0 Å². The molecule has 1 aromatic heterocycles. The molecule has 0 radical (unpaired) electrons. The van der Waals surface area contributed by atoms with Crippen LogP contribution in [0.5, 0.6) is 5.75 Å². The molecule has 0 aliphatic carbocycles. The Morgan fingerprint density at radius 2 is 2.04 bits per heavy atom. The fraction of sp³-hybridized carbons (Fsp3) is 0.550. The molecule has 0 saturated carbocycles. The van der Waals surface area contributed by atoms with E-state index >= 15 is 0 Å². The van der Waals surface area contributed by atoms with Crippen LogP contribution in [0.25, 0.3) is 0 Å². The largest absolute Gasteiger partial charge is 0.492 e. The maximum absolute atomic E-state index is 12.8. The first-order valence-corrected chi connectivity index (χ1v) is 10.0. The predicted octanol–water partition coefficient (Wildman–Crippen LogP) is 1.19. The van der Waals surface area contributed by atoms with Crippen LogP contribution in [0.3, 0.4) is 0 Å². The summed E-state index contributed by atoms with van der Waals surface area (Å²) in [7, 11) is 0. The van der Waals surface area contributed by atoms with Crippen LogP contribution in [0.1, 0.15) is 37.1 Å². The Morgan fingerprint density at radius 3 is 2.82 bits per heavy atom. The number of aromatic amines is 1. The molecule has 2 aliphatic rings. The molecular weight excluding hydrogens is 358 g/mol. The summed E-state index contributed by atoms with van der Waals surface area (Å²) in [5.41, 5.74) is 0.974. The van der Waals surface area contributed by atoms with Gasteiger partial charge in [0.05, 0.1) is 6.54 Å².